The molecule has 1 amide bonds. The Labute approximate surface area is 156 Å². The van der Waals surface area contributed by atoms with Crippen LogP contribution in [-0.2, 0) is 19.4 Å². The van der Waals surface area contributed by atoms with Gasteiger partial charge in [-0.2, -0.15) is 4.99 Å². The van der Waals surface area contributed by atoms with E-state index >= 15 is 0 Å². The minimum Gasteiger partial charge on any atom is -0.481 e. The Kier molecular flexibility index (Phi) is 5.12. The van der Waals surface area contributed by atoms with Crippen molar-refractivity contribution in [1.82, 2.24) is 0 Å². The number of amides is 1. The fourth-order valence-corrected chi connectivity index (χ4v) is 7.14. The van der Waals surface area contributed by atoms with E-state index in [0.717, 1.165) is 16.8 Å². The first kappa shape index (κ1) is 18.9. The lowest BCUT2D eigenvalue weighted by Crippen LogP contribution is -2.38. The predicted molar refractivity (Wildman–Crippen MR) is 102 cm³/mol. The molecule has 0 saturated carbocycles. The number of sulfone groups is 1. The topological polar surface area (TPSA) is 104 Å². The zero-order chi connectivity index (χ0) is 19.1. The van der Waals surface area contributed by atoms with Gasteiger partial charge in [0.1, 0.15) is 0 Å². The summed E-state index contributed by atoms with van der Waals surface area (Å²) in [6.07, 6.45) is -0.446. The molecular weight excluding hydrogens is 376 g/mol. The summed E-state index contributed by atoms with van der Waals surface area (Å²) in [6, 6.07) is 5.49. The summed E-state index contributed by atoms with van der Waals surface area (Å²) in [5, 5.41) is 9.01. The van der Waals surface area contributed by atoms with Crippen molar-refractivity contribution in [3.63, 3.8) is 0 Å². The summed E-state index contributed by atoms with van der Waals surface area (Å²) < 4.78 is 24.1. The molecule has 3 rings (SSSR count). The molecule has 0 aliphatic carbocycles. The van der Waals surface area contributed by atoms with E-state index in [0.29, 0.717) is 5.17 Å². The number of benzene rings is 1. The number of aryl methyl sites for hydroxylation is 1. The Morgan fingerprint density at radius 1 is 1.27 bits per heavy atom. The number of hydrogen-bond donors (Lipinski definition) is 1. The molecule has 140 valence electrons. The van der Waals surface area contributed by atoms with Crippen LogP contribution >= 0.6 is 11.8 Å². The van der Waals surface area contributed by atoms with Gasteiger partial charge >= 0.3 is 5.97 Å². The number of aliphatic imine (C=N–C) groups is 1. The van der Waals surface area contributed by atoms with E-state index in [1.807, 2.05) is 36.9 Å². The molecular formula is C17H20N2O5S2. The van der Waals surface area contributed by atoms with Crippen LogP contribution in [-0.4, -0.2) is 53.4 Å². The first-order chi connectivity index (χ1) is 12.2. The van der Waals surface area contributed by atoms with Crippen molar-refractivity contribution >= 4 is 44.3 Å². The van der Waals surface area contributed by atoms with Crippen molar-refractivity contribution in [2.45, 2.75) is 38.0 Å². The van der Waals surface area contributed by atoms with Crippen LogP contribution in [0.1, 0.15) is 24.0 Å². The second-order valence-corrected chi connectivity index (χ2v) is 9.93. The summed E-state index contributed by atoms with van der Waals surface area (Å²) in [5.41, 5.74) is 2.91. The minimum absolute atomic E-state index is 0.0282. The van der Waals surface area contributed by atoms with Crippen molar-refractivity contribution in [1.29, 1.82) is 0 Å². The van der Waals surface area contributed by atoms with Gasteiger partial charge in [-0.1, -0.05) is 23.9 Å². The number of anilines is 1. The summed E-state index contributed by atoms with van der Waals surface area (Å²) in [6.45, 7) is 3.93. The molecule has 26 heavy (non-hydrogen) atoms. The van der Waals surface area contributed by atoms with Crippen LogP contribution in [0.15, 0.2) is 23.2 Å². The number of carbonyl (C=O) groups is 2. The van der Waals surface area contributed by atoms with E-state index in [4.69, 9.17) is 5.11 Å². The SMILES string of the molecule is Cc1cccc(N2C(=NC(=O)CCC(=O)O)S[C@@H]3CS(=O)(=O)C[C@H]32)c1C. The number of rotatable bonds is 4. The van der Waals surface area contributed by atoms with Crippen molar-refractivity contribution in [3.8, 4) is 0 Å². The van der Waals surface area contributed by atoms with Crippen LogP contribution in [0, 0.1) is 13.8 Å². The van der Waals surface area contributed by atoms with Gasteiger partial charge in [-0.25, -0.2) is 8.42 Å². The average molecular weight is 396 g/mol. The Balaban J connectivity index is 1.97. The number of carboxylic acids is 1. The lowest BCUT2D eigenvalue weighted by Gasteiger charge is -2.26. The second-order valence-electron chi connectivity index (χ2n) is 6.57. The van der Waals surface area contributed by atoms with Crippen molar-refractivity contribution in [2.75, 3.05) is 16.4 Å². The van der Waals surface area contributed by atoms with Gasteiger partial charge in [0, 0.05) is 17.4 Å². The summed E-state index contributed by atoms with van der Waals surface area (Å²) in [5.74, 6) is -1.47. The number of carboxylic acid groups (broad SMARTS) is 1. The fraction of sp³-hybridized carbons (Fsp3) is 0.471. The highest BCUT2D eigenvalue weighted by Crippen LogP contribution is 2.42. The lowest BCUT2D eigenvalue weighted by molar-refractivity contribution is -0.138. The molecule has 7 nitrogen and oxygen atoms in total. The third kappa shape index (κ3) is 3.78. The third-order valence-electron chi connectivity index (χ3n) is 4.68. The van der Waals surface area contributed by atoms with Crippen LogP contribution in [0.4, 0.5) is 5.69 Å². The molecule has 0 unspecified atom stereocenters. The number of fused-ring (bicyclic) bond motifs is 1. The van der Waals surface area contributed by atoms with E-state index < -0.39 is 21.7 Å². The zero-order valence-corrected chi connectivity index (χ0v) is 16.1. The van der Waals surface area contributed by atoms with Crippen molar-refractivity contribution in [3.05, 3.63) is 29.3 Å². The van der Waals surface area contributed by atoms with Gasteiger partial charge in [0.25, 0.3) is 0 Å². The summed E-state index contributed by atoms with van der Waals surface area (Å²) in [4.78, 5) is 28.7. The van der Waals surface area contributed by atoms with E-state index in [2.05, 4.69) is 4.99 Å². The first-order valence-electron chi connectivity index (χ1n) is 8.24. The predicted octanol–water partition coefficient (Wildman–Crippen LogP) is 1.77. The van der Waals surface area contributed by atoms with Gasteiger partial charge in [0.05, 0.1) is 24.0 Å². The molecule has 1 aromatic rings. The molecule has 0 radical (unpaired) electrons. The molecule has 0 bridgehead atoms. The first-order valence-corrected chi connectivity index (χ1v) is 10.9. The highest BCUT2D eigenvalue weighted by Gasteiger charge is 2.49. The molecule has 2 saturated heterocycles. The molecule has 2 fully saturated rings. The normalized spacial score (nSPS) is 25.5. The third-order valence-corrected chi connectivity index (χ3v) is 7.88. The Bertz CT molecular complexity index is 894. The molecule has 0 aromatic heterocycles. The van der Waals surface area contributed by atoms with E-state index in [-0.39, 0.29) is 35.6 Å². The lowest BCUT2D eigenvalue weighted by atomic mass is 10.1. The van der Waals surface area contributed by atoms with Crippen LogP contribution in [0.2, 0.25) is 0 Å². The van der Waals surface area contributed by atoms with E-state index in [9.17, 15) is 18.0 Å². The molecule has 2 aliphatic rings. The quantitative estimate of drug-likeness (QED) is 0.827. The van der Waals surface area contributed by atoms with E-state index in [1.54, 1.807) is 0 Å². The minimum atomic E-state index is -3.12. The van der Waals surface area contributed by atoms with Gasteiger partial charge in [-0.05, 0) is 31.0 Å². The van der Waals surface area contributed by atoms with Crippen molar-refractivity contribution < 1.29 is 23.1 Å². The fourth-order valence-electron chi connectivity index (χ4n) is 3.22. The van der Waals surface area contributed by atoms with Gasteiger partial charge in [-0.3, -0.25) is 9.59 Å². The largest absolute Gasteiger partial charge is 0.481 e. The molecule has 9 heteroatoms. The van der Waals surface area contributed by atoms with Gasteiger partial charge in [0.15, 0.2) is 15.0 Å². The zero-order valence-electron chi connectivity index (χ0n) is 14.5. The van der Waals surface area contributed by atoms with E-state index in [1.165, 1.54) is 11.8 Å². The Hall–Kier alpha value is -1.87. The standard InChI is InChI=1S/C17H20N2O5S2/c1-10-4-3-5-12(11(10)2)19-13-8-26(23,24)9-14(13)25-17(19)18-15(20)6-7-16(21)22/h3-5,13-14H,6-9H2,1-2H3,(H,21,22)/t13-,14-/m1/s1. The van der Waals surface area contributed by atoms with Gasteiger partial charge < -0.3 is 10.0 Å². The maximum atomic E-state index is 12.1. The molecule has 0 spiro atoms. The summed E-state index contributed by atoms with van der Waals surface area (Å²) in [7, 11) is -3.12. The molecule has 2 aliphatic heterocycles. The smallest absolute Gasteiger partial charge is 0.303 e. The summed E-state index contributed by atoms with van der Waals surface area (Å²) >= 11 is 1.29. The Morgan fingerprint density at radius 3 is 2.69 bits per heavy atom. The molecule has 2 atom stereocenters. The highest BCUT2D eigenvalue weighted by molar-refractivity contribution is 8.16. The number of amidine groups is 1. The number of nitrogens with zero attached hydrogens (tertiary/aromatic N) is 2. The second kappa shape index (κ2) is 7.03. The van der Waals surface area contributed by atoms with Gasteiger partial charge in [-0.15, -0.1) is 0 Å². The van der Waals surface area contributed by atoms with Crippen LogP contribution in [0.5, 0.6) is 0 Å². The number of carbonyl (C=O) groups excluding carboxylic acids is 1. The monoisotopic (exact) mass is 396 g/mol. The maximum absolute atomic E-state index is 12.1. The number of hydrogen-bond acceptors (Lipinski definition) is 5. The van der Waals surface area contributed by atoms with Crippen molar-refractivity contribution in [2.24, 2.45) is 4.99 Å². The number of aliphatic carboxylic acids is 1. The van der Waals surface area contributed by atoms with Crippen LogP contribution in [0.3, 0.4) is 0 Å². The maximum Gasteiger partial charge on any atom is 0.303 e. The molecule has 1 N–H and O–H groups in total. The van der Waals surface area contributed by atoms with Crippen LogP contribution in [0.25, 0.3) is 0 Å². The molecule has 1 aromatic carbocycles. The number of thioether (sulfide) groups is 1. The van der Waals surface area contributed by atoms with Crippen LogP contribution < -0.4 is 4.90 Å². The van der Waals surface area contributed by atoms with Gasteiger partial charge in [0.2, 0.25) is 5.91 Å². The molecule has 2 heterocycles. The Morgan fingerprint density at radius 2 is 2.00 bits per heavy atom. The average Bonchev–Trinajstić information content (AvgIpc) is 2.99. The highest BCUT2D eigenvalue weighted by atomic mass is 32.2.